The van der Waals surface area contributed by atoms with Crippen molar-refractivity contribution in [1.29, 1.82) is 0 Å². The summed E-state index contributed by atoms with van der Waals surface area (Å²) in [4.78, 5) is 4.14. The van der Waals surface area contributed by atoms with Gasteiger partial charge in [-0.05, 0) is 39.9 Å². The number of hydrogen-bond acceptors (Lipinski definition) is 1. The molecule has 0 saturated heterocycles. The van der Waals surface area contributed by atoms with Crippen molar-refractivity contribution in [3.05, 3.63) is 28.5 Å². The van der Waals surface area contributed by atoms with Gasteiger partial charge in [-0.1, -0.05) is 29.3 Å². The van der Waals surface area contributed by atoms with Crippen molar-refractivity contribution in [2.24, 2.45) is 5.92 Å². The molecule has 0 bridgehead atoms. The molecule has 1 aromatic rings. The van der Waals surface area contributed by atoms with Gasteiger partial charge in [0.2, 0.25) is 0 Å². The number of rotatable bonds is 4. The van der Waals surface area contributed by atoms with Gasteiger partial charge in [0, 0.05) is 22.2 Å². The highest BCUT2D eigenvalue weighted by Gasteiger charge is 2.05. The Morgan fingerprint density at radius 2 is 2.23 bits per heavy atom. The van der Waals surface area contributed by atoms with E-state index in [0.717, 1.165) is 22.1 Å². The van der Waals surface area contributed by atoms with E-state index >= 15 is 0 Å². The van der Waals surface area contributed by atoms with E-state index in [4.69, 9.17) is 0 Å². The standard InChI is InChI=1S/C10H13Br2N/c1-2-8(5-11)3-9-4-10(12)7-13-6-9/h4,6-8H,2-3,5H2,1H3. The minimum Gasteiger partial charge on any atom is -0.263 e. The summed E-state index contributed by atoms with van der Waals surface area (Å²) >= 11 is 6.94. The first-order valence-electron chi connectivity index (χ1n) is 4.41. The molecule has 0 N–H and O–H groups in total. The van der Waals surface area contributed by atoms with Gasteiger partial charge in [0.15, 0.2) is 0 Å². The van der Waals surface area contributed by atoms with Crippen LogP contribution in [0.4, 0.5) is 0 Å². The average Bonchev–Trinajstić information content (AvgIpc) is 2.14. The second-order valence-electron chi connectivity index (χ2n) is 3.14. The van der Waals surface area contributed by atoms with Crippen molar-refractivity contribution >= 4 is 31.9 Å². The molecule has 0 fully saturated rings. The first-order chi connectivity index (χ1) is 6.26. The highest BCUT2D eigenvalue weighted by Crippen LogP contribution is 2.16. The molecule has 1 aromatic heterocycles. The zero-order chi connectivity index (χ0) is 9.68. The maximum Gasteiger partial charge on any atom is 0.0410 e. The Balaban J connectivity index is 2.62. The molecule has 0 aliphatic carbocycles. The van der Waals surface area contributed by atoms with Crippen molar-refractivity contribution in [2.45, 2.75) is 19.8 Å². The number of hydrogen-bond donors (Lipinski definition) is 0. The van der Waals surface area contributed by atoms with Crippen molar-refractivity contribution in [3.8, 4) is 0 Å². The minimum atomic E-state index is 0.719. The third kappa shape index (κ3) is 3.77. The lowest BCUT2D eigenvalue weighted by atomic mass is 10.0. The Labute approximate surface area is 96.2 Å². The number of halogens is 2. The van der Waals surface area contributed by atoms with Gasteiger partial charge in [0.25, 0.3) is 0 Å². The summed E-state index contributed by atoms with van der Waals surface area (Å²) in [6.07, 6.45) is 6.07. The topological polar surface area (TPSA) is 12.9 Å². The monoisotopic (exact) mass is 305 g/mol. The average molecular weight is 307 g/mol. The Hall–Kier alpha value is 0.110. The fraction of sp³-hybridized carbons (Fsp3) is 0.500. The van der Waals surface area contributed by atoms with E-state index in [9.17, 15) is 0 Å². The van der Waals surface area contributed by atoms with E-state index in [2.05, 4.69) is 49.8 Å². The van der Waals surface area contributed by atoms with Crippen LogP contribution in [0.15, 0.2) is 22.9 Å². The Morgan fingerprint density at radius 3 is 2.77 bits per heavy atom. The number of aromatic nitrogens is 1. The molecule has 0 aliphatic heterocycles. The van der Waals surface area contributed by atoms with Crippen LogP contribution in [-0.2, 0) is 6.42 Å². The Kier molecular flexibility index (Phi) is 4.96. The maximum absolute atomic E-state index is 4.14. The van der Waals surface area contributed by atoms with Crippen LogP contribution < -0.4 is 0 Å². The third-order valence-corrected chi connectivity index (χ3v) is 3.43. The molecular formula is C10H13Br2N. The quantitative estimate of drug-likeness (QED) is 0.771. The molecular weight excluding hydrogens is 294 g/mol. The molecule has 1 unspecified atom stereocenters. The predicted octanol–water partition coefficient (Wildman–Crippen LogP) is 3.81. The van der Waals surface area contributed by atoms with E-state index in [0.29, 0.717) is 0 Å². The van der Waals surface area contributed by atoms with E-state index in [1.165, 1.54) is 12.0 Å². The molecule has 0 aliphatic rings. The van der Waals surface area contributed by atoms with Crippen LogP contribution in [0.2, 0.25) is 0 Å². The molecule has 1 atom stereocenters. The van der Waals surface area contributed by atoms with Gasteiger partial charge in [-0.3, -0.25) is 4.98 Å². The van der Waals surface area contributed by atoms with E-state index in [-0.39, 0.29) is 0 Å². The summed E-state index contributed by atoms with van der Waals surface area (Å²) in [7, 11) is 0. The van der Waals surface area contributed by atoms with Crippen LogP contribution in [0.1, 0.15) is 18.9 Å². The smallest absolute Gasteiger partial charge is 0.0410 e. The molecule has 13 heavy (non-hydrogen) atoms. The molecule has 72 valence electrons. The SMILES string of the molecule is CCC(CBr)Cc1cncc(Br)c1. The molecule has 1 heterocycles. The highest BCUT2D eigenvalue weighted by molar-refractivity contribution is 9.10. The van der Waals surface area contributed by atoms with Crippen molar-refractivity contribution < 1.29 is 0 Å². The van der Waals surface area contributed by atoms with Gasteiger partial charge >= 0.3 is 0 Å². The van der Waals surface area contributed by atoms with Crippen LogP contribution in [-0.4, -0.2) is 10.3 Å². The van der Waals surface area contributed by atoms with E-state index in [1.807, 2.05) is 12.4 Å². The highest BCUT2D eigenvalue weighted by atomic mass is 79.9. The number of nitrogens with zero attached hydrogens (tertiary/aromatic N) is 1. The van der Waals surface area contributed by atoms with Gasteiger partial charge in [-0.15, -0.1) is 0 Å². The van der Waals surface area contributed by atoms with E-state index < -0.39 is 0 Å². The van der Waals surface area contributed by atoms with Crippen molar-refractivity contribution in [1.82, 2.24) is 4.98 Å². The fourth-order valence-corrected chi connectivity index (χ4v) is 2.31. The lowest BCUT2D eigenvalue weighted by Crippen LogP contribution is -2.04. The molecule has 0 spiro atoms. The molecule has 3 heteroatoms. The third-order valence-electron chi connectivity index (χ3n) is 2.08. The van der Waals surface area contributed by atoms with Crippen LogP contribution in [0.5, 0.6) is 0 Å². The Bertz CT molecular complexity index is 259. The van der Waals surface area contributed by atoms with Gasteiger partial charge < -0.3 is 0 Å². The van der Waals surface area contributed by atoms with Crippen LogP contribution in [0, 0.1) is 5.92 Å². The summed E-state index contributed by atoms with van der Waals surface area (Å²) in [6.45, 7) is 2.22. The first-order valence-corrected chi connectivity index (χ1v) is 6.33. The lowest BCUT2D eigenvalue weighted by molar-refractivity contribution is 0.572. The van der Waals surface area contributed by atoms with Crippen molar-refractivity contribution in [2.75, 3.05) is 5.33 Å². The second-order valence-corrected chi connectivity index (χ2v) is 4.71. The summed E-state index contributed by atoms with van der Waals surface area (Å²) in [5, 5.41) is 1.07. The van der Waals surface area contributed by atoms with Gasteiger partial charge in [0.1, 0.15) is 0 Å². The van der Waals surface area contributed by atoms with Crippen LogP contribution in [0.3, 0.4) is 0 Å². The molecule has 0 amide bonds. The number of alkyl halides is 1. The summed E-state index contributed by atoms with van der Waals surface area (Å²) < 4.78 is 1.06. The second kappa shape index (κ2) is 5.76. The molecule has 1 nitrogen and oxygen atoms in total. The first kappa shape index (κ1) is 11.2. The molecule has 0 radical (unpaired) electrons. The van der Waals surface area contributed by atoms with Crippen molar-refractivity contribution in [3.63, 3.8) is 0 Å². The van der Waals surface area contributed by atoms with Gasteiger partial charge in [-0.25, -0.2) is 0 Å². The summed E-state index contributed by atoms with van der Waals surface area (Å²) in [6, 6.07) is 2.14. The number of pyridine rings is 1. The largest absolute Gasteiger partial charge is 0.263 e. The maximum atomic E-state index is 4.14. The Morgan fingerprint density at radius 1 is 1.46 bits per heavy atom. The predicted molar refractivity (Wildman–Crippen MR) is 63.2 cm³/mol. The fourth-order valence-electron chi connectivity index (χ4n) is 1.21. The zero-order valence-corrected chi connectivity index (χ0v) is 10.8. The van der Waals surface area contributed by atoms with Gasteiger partial charge in [-0.2, -0.15) is 0 Å². The zero-order valence-electron chi connectivity index (χ0n) is 7.63. The van der Waals surface area contributed by atoms with Gasteiger partial charge in [0.05, 0.1) is 0 Å². The normalized spacial score (nSPS) is 12.8. The summed E-state index contributed by atoms with van der Waals surface area (Å²) in [5.74, 6) is 0.719. The molecule has 1 rings (SSSR count). The lowest BCUT2D eigenvalue weighted by Gasteiger charge is -2.10. The molecule has 0 aromatic carbocycles. The van der Waals surface area contributed by atoms with E-state index in [1.54, 1.807) is 0 Å². The molecule has 0 saturated carbocycles. The van der Waals surface area contributed by atoms with Crippen LogP contribution >= 0.6 is 31.9 Å². The summed E-state index contributed by atoms with van der Waals surface area (Å²) in [5.41, 5.74) is 1.31. The minimum absolute atomic E-state index is 0.719. The van der Waals surface area contributed by atoms with Crippen LogP contribution in [0.25, 0.3) is 0 Å².